The summed E-state index contributed by atoms with van der Waals surface area (Å²) in [6, 6.07) is 8.51. The van der Waals surface area contributed by atoms with Gasteiger partial charge in [0.15, 0.2) is 5.82 Å². The molecule has 0 radical (unpaired) electrons. The summed E-state index contributed by atoms with van der Waals surface area (Å²) in [7, 11) is 3.68. The van der Waals surface area contributed by atoms with Crippen LogP contribution in [0.3, 0.4) is 0 Å². The van der Waals surface area contributed by atoms with E-state index >= 15 is 0 Å². The second-order valence-corrected chi connectivity index (χ2v) is 5.10. The number of fused-ring (bicyclic) bond motifs is 1. The Hall–Kier alpha value is -1.59. The van der Waals surface area contributed by atoms with Crippen LogP contribution in [0.5, 0.6) is 5.88 Å². The highest BCUT2D eigenvalue weighted by molar-refractivity contribution is 5.85. The maximum Gasteiger partial charge on any atom is 0.257 e. The molecule has 6 heteroatoms. The highest BCUT2D eigenvalue weighted by atomic mass is 35.5. The number of nitrogens with zero attached hydrogens (tertiary/aromatic N) is 3. The summed E-state index contributed by atoms with van der Waals surface area (Å²) in [4.78, 5) is 11.6. The number of rotatable bonds is 3. The Bertz CT molecular complexity index is 599. The number of benzene rings is 1. The van der Waals surface area contributed by atoms with Crippen LogP contribution in [0.1, 0.15) is 12.8 Å². The van der Waals surface area contributed by atoms with Gasteiger partial charge in [-0.15, -0.1) is 12.4 Å². The van der Waals surface area contributed by atoms with E-state index in [2.05, 4.69) is 15.2 Å². The number of piperidine rings is 1. The SMILES string of the molecule is CNC1CCN(c2nc3ccccc3nc2OC)CC1.Cl. The molecule has 1 saturated heterocycles. The van der Waals surface area contributed by atoms with E-state index < -0.39 is 0 Å². The van der Waals surface area contributed by atoms with Crippen molar-refractivity contribution < 1.29 is 4.74 Å². The average molecular weight is 309 g/mol. The Morgan fingerprint density at radius 3 is 2.33 bits per heavy atom. The summed E-state index contributed by atoms with van der Waals surface area (Å²) >= 11 is 0. The van der Waals surface area contributed by atoms with Gasteiger partial charge in [0, 0.05) is 19.1 Å². The molecular weight excluding hydrogens is 288 g/mol. The number of ether oxygens (including phenoxy) is 1. The molecule has 1 fully saturated rings. The quantitative estimate of drug-likeness (QED) is 0.942. The molecule has 2 heterocycles. The average Bonchev–Trinajstić information content (AvgIpc) is 2.53. The van der Waals surface area contributed by atoms with Gasteiger partial charge in [-0.3, -0.25) is 0 Å². The monoisotopic (exact) mass is 308 g/mol. The Balaban J connectivity index is 0.00000161. The fourth-order valence-electron chi connectivity index (χ4n) is 2.70. The van der Waals surface area contributed by atoms with E-state index in [1.807, 2.05) is 31.3 Å². The zero-order valence-corrected chi connectivity index (χ0v) is 13.2. The van der Waals surface area contributed by atoms with Gasteiger partial charge in [0.05, 0.1) is 18.1 Å². The van der Waals surface area contributed by atoms with Crippen molar-refractivity contribution in [1.82, 2.24) is 15.3 Å². The summed E-state index contributed by atoms with van der Waals surface area (Å²) in [5, 5.41) is 3.34. The minimum atomic E-state index is 0. The van der Waals surface area contributed by atoms with Crippen LogP contribution >= 0.6 is 12.4 Å². The van der Waals surface area contributed by atoms with Crippen molar-refractivity contribution in [2.24, 2.45) is 0 Å². The van der Waals surface area contributed by atoms with E-state index in [1.165, 1.54) is 0 Å². The van der Waals surface area contributed by atoms with Crippen molar-refractivity contribution in [2.45, 2.75) is 18.9 Å². The van der Waals surface area contributed by atoms with Gasteiger partial charge in [-0.05, 0) is 32.0 Å². The summed E-state index contributed by atoms with van der Waals surface area (Å²) in [6.07, 6.45) is 2.24. The maximum absolute atomic E-state index is 5.43. The number of hydrogen-bond acceptors (Lipinski definition) is 5. The fourth-order valence-corrected chi connectivity index (χ4v) is 2.70. The summed E-state index contributed by atoms with van der Waals surface area (Å²) in [5.41, 5.74) is 1.79. The van der Waals surface area contributed by atoms with Crippen LogP contribution in [0, 0.1) is 0 Å². The minimum absolute atomic E-state index is 0. The number of halogens is 1. The fraction of sp³-hybridized carbons (Fsp3) is 0.467. The maximum atomic E-state index is 5.43. The summed E-state index contributed by atoms with van der Waals surface area (Å²) in [6.45, 7) is 1.96. The van der Waals surface area contributed by atoms with Gasteiger partial charge in [-0.25, -0.2) is 9.97 Å². The third-order valence-electron chi connectivity index (χ3n) is 3.92. The van der Waals surface area contributed by atoms with E-state index in [0.717, 1.165) is 42.8 Å². The first-order chi connectivity index (χ1) is 9.81. The van der Waals surface area contributed by atoms with Crippen LogP contribution in [-0.2, 0) is 0 Å². The van der Waals surface area contributed by atoms with E-state index in [4.69, 9.17) is 9.72 Å². The number of aromatic nitrogens is 2. The highest BCUT2D eigenvalue weighted by Gasteiger charge is 2.22. The molecule has 2 aromatic rings. The molecule has 1 aromatic carbocycles. The van der Waals surface area contributed by atoms with Crippen LogP contribution in [-0.4, -0.2) is 43.3 Å². The first kappa shape index (κ1) is 15.8. The van der Waals surface area contributed by atoms with Crippen LogP contribution in [0.4, 0.5) is 5.82 Å². The summed E-state index contributed by atoms with van der Waals surface area (Å²) in [5.74, 6) is 1.48. The molecule has 5 nitrogen and oxygen atoms in total. The third-order valence-corrected chi connectivity index (χ3v) is 3.92. The van der Waals surface area contributed by atoms with Gasteiger partial charge in [0.2, 0.25) is 0 Å². The lowest BCUT2D eigenvalue weighted by molar-refractivity contribution is 0.390. The largest absolute Gasteiger partial charge is 0.478 e. The predicted molar refractivity (Wildman–Crippen MR) is 87.6 cm³/mol. The molecule has 3 rings (SSSR count). The number of para-hydroxylation sites is 2. The molecule has 1 aliphatic rings. The van der Waals surface area contributed by atoms with Crippen molar-refractivity contribution in [1.29, 1.82) is 0 Å². The zero-order chi connectivity index (χ0) is 13.9. The molecule has 0 bridgehead atoms. The lowest BCUT2D eigenvalue weighted by atomic mass is 10.1. The zero-order valence-electron chi connectivity index (χ0n) is 12.4. The third kappa shape index (κ3) is 3.19. The second-order valence-electron chi connectivity index (χ2n) is 5.10. The molecule has 0 atom stereocenters. The topological polar surface area (TPSA) is 50.3 Å². The molecular formula is C15H21ClN4O. The number of methoxy groups -OCH3 is 1. The van der Waals surface area contributed by atoms with Gasteiger partial charge in [-0.1, -0.05) is 12.1 Å². The molecule has 0 aliphatic carbocycles. The van der Waals surface area contributed by atoms with E-state index in [-0.39, 0.29) is 12.4 Å². The van der Waals surface area contributed by atoms with Crippen molar-refractivity contribution >= 4 is 29.3 Å². The van der Waals surface area contributed by atoms with Gasteiger partial charge in [0.1, 0.15) is 0 Å². The Kier molecular flexibility index (Phi) is 5.20. The number of anilines is 1. The summed E-state index contributed by atoms with van der Waals surface area (Å²) < 4.78 is 5.43. The van der Waals surface area contributed by atoms with Crippen molar-refractivity contribution in [3.05, 3.63) is 24.3 Å². The molecule has 0 spiro atoms. The molecule has 1 N–H and O–H groups in total. The normalized spacial score (nSPS) is 15.8. The lowest BCUT2D eigenvalue weighted by Gasteiger charge is -2.33. The molecule has 114 valence electrons. The van der Waals surface area contributed by atoms with Crippen LogP contribution < -0.4 is 15.0 Å². The first-order valence-corrected chi connectivity index (χ1v) is 7.05. The standard InChI is InChI=1S/C15H20N4O.ClH/c1-16-11-7-9-19(10-8-11)14-15(20-2)18-13-6-4-3-5-12(13)17-14;/h3-6,11,16H,7-10H2,1-2H3;1H. The van der Waals surface area contributed by atoms with Crippen LogP contribution in [0.15, 0.2) is 24.3 Å². The molecule has 1 aromatic heterocycles. The van der Waals surface area contributed by atoms with Gasteiger partial charge >= 0.3 is 0 Å². The van der Waals surface area contributed by atoms with E-state index in [1.54, 1.807) is 7.11 Å². The second kappa shape index (κ2) is 6.91. The van der Waals surface area contributed by atoms with E-state index in [0.29, 0.717) is 11.9 Å². The molecule has 21 heavy (non-hydrogen) atoms. The van der Waals surface area contributed by atoms with Gasteiger partial charge in [0.25, 0.3) is 5.88 Å². The Morgan fingerprint density at radius 1 is 1.14 bits per heavy atom. The van der Waals surface area contributed by atoms with E-state index in [9.17, 15) is 0 Å². The lowest BCUT2D eigenvalue weighted by Crippen LogP contribution is -2.41. The van der Waals surface area contributed by atoms with Crippen molar-refractivity contribution in [3.8, 4) is 5.88 Å². The highest BCUT2D eigenvalue weighted by Crippen LogP contribution is 2.28. The van der Waals surface area contributed by atoms with Crippen molar-refractivity contribution in [3.63, 3.8) is 0 Å². The van der Waals surface area contributed by atoms with Crippen molar-refractivity contribution in [2.75, 3.05) is 32.1 Å². The van der Waals surface area contributed by atoms with Gasteiger partial charge < -0.3 is 15.0 Å². The molecule has 0 saturated carbocycles. The predicted octanol–water partition coefficient (Wildman–Crippen LogP) is 2.25. The molecule has 0 unspecified atom stereocenters. The molecule has 0 amide bonds. The molecule has 1 aliphatic heterocycles. The van der Waals surface area contributed by atoms with Gasteiger partial charge in [-0.2, -0.15) is 0 Å². The van der Waals surface area contributed by atoms with Crippen LogP contribution in [0.2, 0.25) is 0 Å². The van der Waals surface area contributed by atoms with Crippen LogP contribution in [0.25, 0.3) is 11.0 Å². The number of nitrogens with one attached hydrogen (secondary N) is 1. The number of hydrogen-bond donors (Lipinski definition) is 1. The first-order valence-electron chi connectivity index (χ1n) is 7.05. The minimum Gasteiger partial charge on any atom is -0.478 e. The Morgan fingerprint density at radius 2 is 1.76 bits per heavy atom. The smallest absolute Gasteiger partial charge is 0.257 e. The Labute approximate surface area is 131 Å².